The molecule has 142 valence electrons. The molecular formula is C19H27IN4O2. The van der Waals surface area contributed by atoms with Crippen molar-refractivity contribution >= 4 is 29.9 Å². The molecule has 1 aromatic heterocycles. The molecule has 0 saturated carbocycles. The number of hydrogen-bond donors (Lipinski definition) is 2. The smallest absolute Gasteiger partial charge is 0.213 e. The van der Waals surface area contributed by atoms with E-state index < -0.39 is 0 Å². The second-order valence-corrected chi connectivity index (χ2v) is 5.24. The normalized spacial score (nSPS) is 9.62. The highest BCUT2D eigenvalue weighted by Gasteiger charge is 1.99. The summed E-state index contributed by atoms with van der Waals surface area (Å²) in [7, 11) is 0. The van der Waals surface area contributed by atoms with Crippen LogP contribution in [-0.4, -0.2) is 37.2 Å². The van der Waals surface area contributed by atoms with Crippen LogP contribution in [0.15, 0.2) is 53.7 Å². The summed E-state index contributed by atoms with van der Waals surface area (Å²) in [5, 5.41) is 6.39. The third-order valence-corrected chi connectivity index (χ3v) is 3.25. The minimum Gasteiger partial charge on any atom is -0.490 e. The summed E-state index contributed by atoms with van der Waals surface area (Å²) >= 11 is 0. The topological polar surface area (TPSA) is 67.8 Å². The number of halogens is 1. The van der Waals surface area contributed by atoms with Gasteiger partial charge >= 0.3 is 0 Å². The lowest BCUT2D eigenvalue weighted by molar-refractivity contribution is 0.212. The predicted octanol–water partition coefficient (Wildman–Crippen LogP) is 3.23. The molecular weight excluding hydrogens is 443 g/mol. The van der Waals surface area contributed by atoms with E-state index in [4.69, 9.17) is 9.47 Å². The Labute approximate surface area is 172 Å². The van der Waals surface area contributed by atoms with Crippen molar-refractivity contribution in [3.05, 3.63) is 54.2 Å². The largest absolute Gasteiger partial charge is 0.490 e. The van der Waals surface area contributed by atoms with Crippen LogP contribution in [-0.2, 0) is 6.54 Å². The summed E-state index contributed by atoms with van der Waals surface area (Å²) in [6.07, 6.45) is 1.78. The summed E-state index contributed by atoms with van der Waals surface area (Å²) in [4.78, 5) is 8.81. The van der Waals surface area contributed by atoms with Crippen LogP contribution in [0.4, 0.5) is 0 Å². The van der Waals surface area contributed by atoms with E-state index in [1.807, 2.05) is 56.3 Å². The van der Waals surface area contributed by atoms with Crippen LogP contribution in [0.25, 0.3) is 0 Å². The van der Waals surface area contributed by atoms with E-state index in [1.54, 1.807) is 6.20 Å². The standard InChI is InChI=1S/C19H26N4O2.HI/c1-3-20-19(21-4-2)23-15-16-10-11-18(22-14-16)25-13-12-24-17-8-6-5-7-9-17;/h5-11,14H,3-4,12-13,15H2,1-2H3,(H2,20,21,23);1H. The SMILES string of the molecule is CCNC(=NCc1ccc(OCCOc2ccccc2)nc1)NCC.I. The number of guanidine groups is 1. The molecule has 6 nitrogen and oxygen atoms in total. The molecule has 26 heavy (non-hydrogen) atoms. The van der Waals surface area contributed by atoms with Gasteiger partial charge in [-0.05, 0) is 31.5 Å². The van der Waals surface area contributed by atoms with Crippen molar-refractivity contribution in [1.29, 1.82) is 0 Å². The van der Waals surface area contributed by atoms with Crippen LogP contribution in [0, 0.1) is 0 Å². The molecule has 0 aliphatic heterocycles. The molecule has 0 atom stereocenters. The summed E-state index contributed by atoms with van der Waals surface area (Å²) in [6, 6.07) is 13.5. The fourth-order valence-corrected chi connectivity index (χ4v) is 2.09. The van der Waals surface area contributed by atoms with Gasteiger partial charge in [0.2, 0.25) is 5.88 Å². The van der Waals surface area contributed by atoms with Gasteiger partial charge in [0.05, 0.1) is 6.54 Å². The molecule has 0 unspecified atom stereocenters. The van der Waals surface area contributed by atoms with Crippen molar-refractivity contribution in [2.75, 3.05) is 26.3 Å². The molecule has 0 fully saturated rings. The summed E-state index contributed by atoms with van der Waals surface area (Å²) in [6.45, 7) is 7.25. The number of benzene rings is 1. The monoisotopic (exact) mass is 470 g/mol. The van der Waals surface area contributed by atoms with Crippen LogP contribution >= 0.6 is 24.0 Å². The first kappa shape index (κ1) is 22.0. The van der Waals surface area contributed by atoms with Gasteiger partial charge in [0, 0.05) is 25.4 Å². The number of pyridine rings is 1. The zero-order chi connectivity index (χ0) is 17.7. The fourth-order valence-electron chi connectivity index (χ4n) is 2.09. The van der Waals surface area contributed by atoms with E-state index >= 15 is 0 Å². The van der Waals surface area contributed by atoms with Crippen LogP contribution in [0.5, 0.6) is 11.6 Å². The number of aliphatic imine (C=N–C) groups is 1. The highest BCUT2D eigenvalue weighted by Crippen LogP contribution is 2.10. The predicted molar refractivity (Wildman–Crippen MR) is 116 cm³/mol. The average molecular weight is 470 g/mol. The Balaban J connectivity index is 0.00000338. The maximum Gasteiger partial charge on any atom is 0.213 e. The van der Waals surface area contributed by atoms with E-state index in [-0.39, 0.29) is 24.0 Å². The molecule has 0 bridgehead atoms. The highest BCUT2D eigenvalue weighted by molar-refractivity contribution is 14.0. The molecule has 7 heteroatoms. The lowest BCUT2D eigenvalue weighted by Gasteiger charge is -2.09. The first-order chi connectivity index (χ1) is 12.3. The van der Waals surface area contributed by atoms with Gasteiger partial charge < -0.3 is 20.1 Å². The summed E-state index contributed by atoms with van der Waals surface area (Å²) < 4.78 is 11.2. The van der Waals surface area contributed by atoms with Gasteiger partial charge in [0.1, 0.15) is 19.0 Å². The van der Waals surface area contributed by atoms with Crippen molar-refractivity contribution in [3.8, 4) is 11.6 Å². The zero-order valence-corrected chi connectivity index (χ0v) is 17.6. The van der Waals surface area contributed by atoms with E-state index in [0.29, 0.717) is 25.6 Å². The molecule has 1 aromatic carbocycles. The lowest BCUT2D eigenvalue weighted by Crippen LogP contribution is -2.36. The quantitative estimate of drug-likeness (QED) is 0.255. The van der Waals surface area contributed by atoms with Crippen molar-refractivity contribution in [2.24, 2.45) is 4.99 Å². The average Bonchev–Trinajstić information content (AvgIpc) is 2.65. The third kappa shape index (κ3) is 8.37. The van der Waals surface area contributed by atoms with Gasteiger partial charge in [-0.15, -0.1) is 24.0 Å². The van der Waals surface area contributed by atoms with Gasteiger partial charge in [-0.2, -0.15) is 0 Å². The van der Waals surface area contributed by atoms with Crippen molar-refractivity contribution in [1.82, 2.24) is 15.6 Å². The zero-order valence-electron chi connectivity index (χ0n) is 15.3. The third-order valence-electron chi connectivity index (χ3n) is 3.25. The molecule has 0 amide bonds. The second kappa shape index (κ2) is 13.2. The summed E-state index contributed by atoms with van der Waals surface area (Å²) in [5.74, 6) is 2.23. The first-order valence-electron chi connectivity index (χ1n) is 8.59. The van der Waals surface area contributed by atoms with Crippen molar-refractivity contribution in [3.63, 3.8) is 0 Å². The molecule has 0 aliphatic rings. The van der Waals surface area contributed by atoms with Gasteiger partial charge in [-0.25, -0.2) is 9.98 Å². The molecule has 0 radical (unpaired) electrons. The molecule has 2 N–H and O–H groups in total. The van der Waals surface area contributed by atoms with Gasteiger partial charge in [0.15, 0.2) is 5.96 Å². The van der Waals surface area contributed by atoms with Crippen LogP contribution < -0.4 is 20.1 Å². The maximum absolute atomic E-state index is 5.59. The Bertz CT molecular complexity index is 628. The molecule has 0 spiro atoms. The van der Waals surface area contributed by atoms with Crippen LogP contribution in [0.2, 0.25) is 0 Å². The van der Waals surface area contributed by atoms with Crippen LogP contribution in [0.3, 0.4) is 0 Å². The Morgan fingerprint density at radius 1 is 0.962 bits per heavy atom. The van der Waals surface area contributed by atoms with Crippen LogP contribution in [0.1, 0.15) is 19.4 Å². The van der Waals surface area contributed by atoms with Crippen molar-refractivity contribution in [2.45, 2.75) is 20.4 Å². The van der Waals surface area contributed by atoms with Gasteiger partial charge in [-0.1, -0.05) is 24.3 Å². The minimum absolute atomic E-state index is 0. The Morgan fingerprint density at radius 2 is 1.65 bits per heavy atom. The van der Waals surface area contributed by atoms with E-state index in [9.17, 15) is 0 Å². The molecule has 0 aliphatic carbocycles. The van der Waals surface area contributed by atoms with Crippen molar-refractivity contribution < 1.29 is 9.47 Å². The number of ether oxygens (including phenoxy) is 2. The highest BCUT2D eigenvalue weighted by atomic mass is 127. The van der Waals surface area contributed by atoms with E-state index in [1.165, 1.54) is 0 Å². The first-order valence-corrected chi connectivity index (χ1v) is 8.59. The number of para-hydroxylation sites is 1. The second-order valence-electron chi connectivity index (χ2n) is 5.24. The Kier molecular flexibility index (Phi) is 11.2. The van der Waals surface area contributed by atoms with Gasteiger partial charge in [-0.3, -0.25) is 0 Å². The number of rotatable bonds is 9. The van der Waals surface area contributed by atoms with E-state index in [0.717, 1.165) is 30.4 Å². The maximum atomic E-state index is 5.59. The number of hydrogen-bond acceptors (Lipinski definition) is 4. The minimum atomic E-state index is 0. The molecule has 2 aromatic rings. The number of nitrogens with zero attached hydrogens (tertiary/aromatic N) is 2. The number of nitrogens with one attached hydrogen (secondary N) is 2. The summed E-state index contributed by atoms with van der Waals surface area (Å²) in [5.41, 5.74) is 1.03. The lowest BCUT2D eigenvalue weighted by atomic mass is 10.3. The number of aromatic nitrogens is 1. The fraction of sp³-hybridized carbons (Fsp3) is 0.368. The molecule has 0 saturated heterocycles. The van der Waals surface area contributed by atoms with Gasteiger partial charge in [0.25, 0.3) is 0 Å². The van der Waals surface area contributed by atoms with E-state index in [2.05, 4.69) is 20.6 Å². The molecule has 2 rings (SSSR count). The Hall–Kier alpha value is -2.03. The molecule has 1 heterocycles. The Morgan fingerprint density at radius 3 is 2.27 bits per heavy atom.